The van der Waals surface area contributed by atoms with Crippen LogP contribution in [0.4, 0.5) is 0 Å². The zero-order valence-corrected chi connectivity index (χ0v) is 15.4. The van der Waals surface area contributed by atoms with Crippen molar-refractivity contribution in [3.05, 3.63) is 71.8 Å². The van der Waals surface area contributed by atoms with Gasteiger partial charge in [-0.15, -0.1) is 0 Å². The molecule has 0 N–H and O–H groups in total. The molecule has 0 saturated carbocycles. The van der Waals surface area contributed by atoms with Crippen LogP contribution in [0.25, 0.3) is 0 Å². The molecule has 0 bridgehead atoms. The topological polar surface area (TPSA) is 43.4 Å². The van der Waals surface area contributed by atoms with Crippen molar-refractivity contribution in [2.24, 2.45) is 0 Å². The van der Waals surface area contributed by atoms with Gasteiger partial charge in [0.15, 0.2) is 0 Å². The highest BCUT2D eigenvalue weighted by molar-refractivity contribution is 8.90. The Kier molecular flexibility index (Phi) is 7.28. The van der Waals surface area contributed by atoms with E-state index in [-0.39, 0.29) is 6.16 Å². The van der Waals surface area contributed by atoms with Gasteiger partial charge in [-0.1, -0.05) is 83.4 Å². The smallest absolute Gasteiger partial charge is 0.314 e. The predicted octanol–water partition coefficient (Wildman–Crippen LogP) is 5.22. The Hall–Kier alpha value is -1.16. The minimum atomic E-state index is -2.76. The first-order chi connectivity index (χ1) is 11.1. The molecule has 2 aromatic rings. The van der Waals surface area contributed by atoms with Crippen LogP contribution >= 0.6 is 28.3 Å². The summed E-state index contributed by atoms with van der Waals surface area (Å²) in [5, 5.41) is 0. The van der Waals surface area contributed by atoms with Crippen LogP contribution in [0, 0.1) is 0 Å². The van der Waals surface area contributed by atoms with Crippen molar-refractivity contribution in [1.82, 2.24) is 0 Å². The third kappa shape index (κ3) is 6.46. The van der Waals surface area contributed by atoms with Gasteiger partial charge in [-0.05, 0) is 11.1 Å². The van der Waals surface area contributed by atoms with E-state index in [1.807, 2.05) is 60.7 Å². The van der Waals surface area contributed by atoms with E-state index >= 15 is 0 Å². The van der Waals surface area contributed by atoms with Gasteiger partial charge in [0, 0.05) is 11.5 Å². The first-order valence-corrected chi connectivity index (χ1v) is 12.2. The van der Waals surface area contributed by atoms with Gasteiger partial charge >= 0.3 is 5.97 Å². The Labute approximate surface area is 145 Å². The molecule has 2 rings (SSSR count). The molecule has 0 heterocycles. The Bertz CT molecular complexity index is 615. The molecule has 0 spiro atoms. The van der Waals surface area contributed by atoms with Crippen molar-refractivity contribution >= 4 is 34.3 Å². The third-order valence-electron chi connectivity index (χ3n) is 3.09. The van der Waals surface area contributed by atoms with Gasteiger partial charge in [0.25, 0.3) is 0 Å². The molecular formula is C17H19O3PS2. The molecule has 0 atom stereocenters. The van der Waals surface area contributed by atoms with Crippen molar-refractivity contribution in [2.75, 3.05) is 13.3 Å². The van der Waals surface area contributed by atoms with E-state index < -0.39 is 11.5 Å². The number of ether oxygens (including phenoxy) is 1. The monoisotopic (exact) mass is 366 g/mol. The first kappa shape index (κ1) is 18.2. The molecule has 122 valence electrons. The second-order valence-corrected chi connectivity index (χ2v) is 13.3. The number of benzene rings is 2. The second-order valence-electron chi connectivity index (χ2n) is 4.86. The summed E-state index contributed by atoms with van der Waals surface area (Å²) >= 11 is 2.72. The lowest BCUT2D eigenvalue weighted by Gasteiger charge is -2.16. The summed E-state index contributed by atoms with van der Waals surface area (Å²) in [5.74, 6) is 0.822. The van der Waals surface area contributed by atoms with Crippen LogP contribution in [0.3, 0.4) is 0 Å². The molecule has 2 aromatic carbocycles. The third-order valence-corrected chi connectivity index (χ3v) is 11.3. The van der Waals surface area contributed by atoms with Gasteiger partial charge in [-0.25, -0.2) is 0 Å². The van der Waals surface area contributed by atoms with E-state index in [9.17, 15) is 9.36 Å². The molecule has 0 saturated heterocycles. The Morgan fingerprint density at radius 3 is 1.74 bits per heavy atom. The highest BCUT2D eigenvalue weighted by Crippen LogP contribution is 2.70. The van der Waals surface area contributed by atoms with Crippen molar-refractivity contribution in [2.45, 2.75) is 11.5 Å². The first-order valence-electron chi connectivity index (χ1n) is 7.14. The maximum Gasteiger partial charge on any atom is 0.314 e. The fourth-order valence-electron chi connectivity index (χ4n) is 1.85. The van der Waals surface area contributed by atoms with E-state index in [0.717, 1.165) is 11.1 Å². The van der Waals surface area contributed by atoms with E-state index in [0.29, 0.717) is 11.5 Å². The standard InChI is InChI=1S/C17H19O3PS2/c1-20-17(18)12-21(19,22-13-15-8-4-2-5-9-15)23-14-16-10-6-3-7-11-16/h2-11H,12-14H2,1H3. The summed E-state index contributed by atoms with van der Waals surface area (Å²) in [6.07, 6.45) is -0.0432. The second kappa shape index (κ2) is 9.21. The Balaban J connectivity index is 2.02. The number of hydrogen-bond acceptors (Lipinski definition) is 5. The summed E-state index contributed by atoms with van der Waals surface area (Å²) in [5.41, 5.74) is -0.564. The van der Waals surface area contributed by atoms with E-state index in [2.05, 4.69) is 0 Å². The minimum absolute atomic E-state index is 0.0432. The lowest BCUT2D eigenvalue weighted by atomic mass is 10.2. The molecule has 0 radical (unpaired) electrons. The summed E-state index contributed by atoms with van der Waals surface area (Å²) < 4.78 is 17.9. The van der Waals surface area contributed by atoms with Crippen LogP contribution in [0.1, 0.15) is 11.1 Å². The molecule has 23 heavy (non-hydrogen) atoms. The van der Waals surface area contributed by atoms with Gasteiger partial charge in [0.1, 0.15) is 6.16 Å². The molecular weight excluding hydrogens is 347 g/mol. The van der Waals surface area contributed by atoms with Gasteiger partial charge in [0.2, 0.25) is 5.55 Å². The van der Waals surface area contributed by atoms with Crippen molar-refractivity contribution in [3.63, 3.8) is 0 Å². The minimum Gasteiger partial charge on any atom is -0.469 e. The molecule has 0 aliphatic heterocycles. The molecule has 0 aliphatic rings. The van der Waals surface area contributed by atoms with Crippen molar-refractivity contribution in [1.29, 1.82) is 0 Å². The summed E-state index contributed by atoms with van der Waals surface area (Å²) in [6, 6.07) is 19.7. The largest absolute Gasteiger partial charge is 0.469 e. The zero-order chi connectivity index (χ0) is 16.5. The molecule has 6 heteroatoms. The van der Waals surface area contributed by atoms with Crippen LogP contribution in [-0.2, 0) is 25.6 Å². The van der Waals surface area contributed by atoms with Gasteiger partial charge in [-0.2, -0.15) is 0 Å². The molecule has 0 fully saturated rings. The normalized spacial score (nSPS) is 11.2. The van der Waals surface area contributed by atoms with Crippen molar-refractivity contribution < 1.29 is 14.1 Å². The summed E-state index contributed by atoms with van der Waals surface area (Å²) in [7, 11) is 1.33. The van der Waals surface area contributed by atoms with E-state index in [1.165, 1.54) is 29.9 Å². The number of hydrogen-bond donors (Lipinski definition) is 0. The number of carbonyl (C=O) groups excluding carboxylic acids is 1. The van der Waals surface area contributed by atoms with Crippen LogP contribution in [0.2, 0.25) is 0 Å². The molecule has 0 amide bonds. The van der Waals surface area contributed by atoms with E-state index in [1.54, 1.807) is 0 Å². The summed E-state index contributed by atoms with van der Waals surface area (Å²) in [4.78, 5) is 11.6. The predicted molar refractivity (Wildman–Crippen MR) is 100.0 cm³/mol. The lowest BCUT2D eigenvalue weighted by Crippen LogP contribution is -2.05. The molecule has 0 aliphatic carbocycles. The average Bonchev–Trinajstić information content (AvgIpc) is 2.60. The maximum absolute atomic E-state index is 13.2. The SMILES string of the molecule is COC(=O)CP(=O)(SCc1ccccc1)SCc1ccccc1. The number of carbonyl (C=O) groups is 1. The number of rotatable bonds is 8. The quantitative estimate of drug-likeness (QED) is 0.473. The van der Waals surface area contributed by atoms with Crippen LogP contribution in [0.15, 0.2) is 60.7 Å². The van der Waals surface area contributed by atoms with Crippen LogP contribution in [0.5, 0.6) is 0 Å². The molecule has 0 aromatic heterocycles. The fourth-order valence-corrected chi connectivity index (χ4v) is 8.72. The highest BCUT2D eigenvalue weighted by Gasteiger charge is 2.28. The van der Waals surface area contributed by atoms with Gasteiger partial charge in [-0.3, -0.25) is 9.36 Å². The number of methoxy groups -OCH3 is 1. The molecule has 3 nitrogen and oxygen atoms in total. The number of esters is 1. The molecule has 0 unspecified atom stereocenters. The lowest BCUT2D eigenvalue weighted by molar-refractivity contribution is -0.137. The van der Waals surface area contributed by atoms with Crippen LogP contribution < -0.4 is 0 Å². The van der Waals surface area contributed by atoms with Gasteiger partial charge < -0.3 is 4.74 Å². The zero-order valence-electron chi connectivity index (χ0n) is 12.9. The van der Waals surface area contributed by atoms with Crippen molar-refractivity contribution in [3.8, 4) is 0 Å². The average molecular weight is 366 g/mol. The highest BCUT2D eigenvalue weighted by atomic mass is 33.1. The maximum atomic E-state index is 13.2. The Morgan fingerprint density at radius 1 is 0.913 bits per heavy atom. The summed E-state index contributed by atoms with van der Waals surface area (Å²) in [6.45, 7) is 0. The fraction of sp³-hybridized carbons (Fsp3) is 0.235. The van der Waals surface area contributed by atoms with Gasteiger partial charge in [0.05, 0.1) is 7.11 Å². The van der Waals surface area contributed by atoms with Crippen LogP contribution in [-0.4, -0.2) is 19.2 Å². The Morgan fingerprint density at radius 2 is 1.35 bits per heavy atom. The van der Waals surface area contributed by atoms with E-state index in [4.69, 9.17) is 4.74 Å².